The van der Waals surface area contributed by atoms with Crippen LogP contribution in [-0.4, -0.2) is 9.91 Å². The van der Waals surface area contributed by atoms with Crippen molar-refractivity contribution in [3.05, 3.63) is 70.4 Å². The van der Waals surface area contributed by atoms with Crippen LogP contribution in [0.1, 0.15) is 5.56 Å². The van der Waals surface area contributed by atoms with Crippen LogP contribution in [0.25, 0.3) is 10.9 Å². The largest absolute Gasteiger partial charge is 0.456 e. The lowest BCUT2D eigenvalue weighted by atomic mass is 10.1. The molecule has 2 aromatic carbocycles. The summed E-state index contributed by atoms with van der Waals surface area (Å²) < 4.78 is 43.9. The molecule has 24 heavy (non-hydrogen) atoms. The number of non-ortho nitro benzene ring substituents is 1. The Morgan fingerprint density at radius 2 is 1.88 bits per heavy atom. The average molecular weight is 334 g/mol. The fourth-order valence-corrected chi connectivity index (χ4v) is 2.17. The molecule has 8 heteroatoms. The SMILES string of the molecule is O=[N+]([O-])c1cccc(Oc2ccnc3cc(C(F)(F)F)ccc23)c1. The number of hydrogen-bond donors (Lipinski definition) is 0. The lowest BCUT2D eigenvalue weighted by molar-refractivity contribution is -0.384. The molecule has 0 unspecified atom stereocenters. The maximum absolute atomic E-state index is 12.8. The summed E-state index contributed by atoms with van der Waals surface area (Å²) in [6.45, 7) is 0. The van der Waals surface area contributed by atoms with Gasteiger partial charge in [0.25, 0.3) is 5.69 Å². The molecule has 122 valence electrons. The Hall–Kier alpha value is -3.16. The first-order chi connectivity index (χ1) is 11.3. The molecule has 0 amide bonds. The number of nitrogens with zero attached hydrogens (tertiary/aromatic N) is 2. The zero-order valence-corrected chi connectivity index (χ0v) is 11.9. The summed E-state index contributed by atoms with van der Waals surface area (Å²) in [5.41, 5.74) is -0.840. The van der Waals surface area contributed by atoms with Gasteiger partial charge in [0.1, 0.15) is 11.5 Å². The zero-order valence-electron chi connectivity index (χ0n) is 11.9. The number of halogens is 3. The highest BCUT2D eigenvalue weighted by Crippen LogP contribution is 2.35. The van der Waals surface area contributed by atoms with Crippen LogP contribution in [0.2, 0.25) is 0 Å². The molecule has 0 spiro atoms. The topological polar surface area (TPSA) is 65.3 Å². The summed E-state index contributed by atoms with van der Waals surface area (Å²) >= 11 is 0. The van der Waals surface area contributed by atoms with E-state index in [1.807, 2.05) is 0 Å². The van der Waals surface area contributed by atoms with E-state index in [4.69, 9.17) is 4.74 Å². The van der Waals surface area contributed by atoms with Gasteiger partial charge in [-0.25, -0.2) is 0 Å². The first-order valence-electron chi connectivity index (χ1n) is 6.73. The van der Waals surface area contributed by atoms with Crippen LogP contribution in [0.4, 0.5) is 18.9 Å². The smallest absolute Gasteiger partial charge is 0.416 e. The number of nitro groups is 1. The van der Waals surface area contributed by atoms with Gasteiger partial charge in [-0.3, -0.25) is 15.1 Å². The van der Waals surface area contributed by atoms with E-state index in [-0.39, 0.29) is 22.7 Å². The predicted octanol–water partition coefficient (Wildman–Crippen LogP) is 4.95. The Labute approximate surface area is 133 Å². The zero-order chi connectivity index (χ0) is 17.3. The third-order valence-electron chi connectivity index (χ3n) is 3.29. The highest BCUT2D eigenvalue weighted by atomic mass is 19.4. The van der Waals surface area contributed by atoms with Crippen LogP contribution in [0.5, 0.6) is 11.5 Å². The molecular formula is C16H9F3N2O3. The monoisotopic (exact) mass is 334 g/mol. The van der Waals surface area contributed by atoms with Gasteiger partial charge in [0, 0.05) is 17.6 Å². The Kier molecular flexibility index (Phi) is 3.80. The van der Waals surface area contributed by atoms with Gasteiger partial charge in [-0.2, -0.15) is 13.2 Å². The van der Waals surface area contributed by atoms with Gasteiger partial charge in [-0.1, -0.05) is 6.07 Å². The van der Waals surface area contributed by atoms with Gasteiger partial charge in [0.2, 0.25) is 0 Å². The number of pyridine rings is 1. The number of hydrogen-bond acceptors (Lipinski definition) is 4. The molecule has 0 atom stereocenters. The molecule has 0 aliphatic carbocycles. The number of fused-ring (bicyclic) bond motifs is 1. The fourth-order valence-electron chi connectivity index (χ4n) is 2.17. The average Bonchev–Trinajstić information content (AvgIpc) is 2.54. The quantitative estimate of drug-likeness (QED) is 0.502. The number of rotatable bonds is 3. The Morgan fingerprint density at radius 1 is 1.08 bits per heavy atom. The second-order valence-corrected chi connectivity index (χ2v) is 4.90. The van der Waals surface area contributed by atoms with Crippen LogP contribution in [0.15, 0.2) is 54.7 Å². The second-order valence-electron chi connectivity index (χ2n) is 4.90. The van der Waals surface area contributed by atoms with Gasteiger partial charge in [-0.05, 0) is 30.3 Å². The normalized spacial score (nSPS) is 11.5. The molecule has 3 aromatic rings. The van der Waals surface area contributed by atoms with Crippen molar-refractivity contribution in [2.75, 3.05) is 0 Å². The summed E-state index contributed by atoms with van der Waals surface area (Å²) in [4.78, 5) is 14.1. The minimum atomic E-state index is -4.47. The third kappa shape index (κ3) is 3.12. The fraction of sp³-hybridized carbons (Fsp3) is 0.0625. The first kappa shape index (κ1) is 15.7. The summed E-state index contributed by atoms with van der Waals surface area (Å²) in [5.74, 6) is 0.464. The van der Waals surface area contributed by atoms with Gasteiger partial charge < -0.3 is 4.74 Å². The molecule has 0 saturated heterocycles. The van der Waals surface area contributed by atoms with Crippen molar-refractivity contribution in [1.82, 2.24) is 4.98 Å². The van der Waals surface area contributed by atoms with Crippen molar-refractivity contribution in [2.45, 2.75) is 6.18 Å². The van der Waals surface area contributed by atoms with E-state index in [0.717, 1.165) is 12.1 Å². The number of alkyl halides is 3. The number of benzene rings is 2. The van der Waals surface area contributed by atoms with Crippen molar-refractivity contribution < 1.29 is 22.8 Å². The first-order valence-corrected chi connectivity index (χ1v) is 6.73. The summed E-state index contributed by atoms with van der Waals surface area (Å²) in [5, 5.41) is 11.2. The predicted molar refractivity (Wildman–Crippen MR) is 79.9 cm³/mol. The van der Waals surface area contributed by atoms with Gasteiger partial charge >= 0.3 is 6.18 Å². The molecule has 0 bridgehead atoms. The highest BCUT2D eigenvalue weighted by molar-refractivity contribution is 5.85. The Balaban J connectivity index is 2.01. The van der Waals surface area contributed by atoms with Crippen molar-refractivity contribution in [3.8, 4) is 11.5 Å². The molecule has 1 heterocycles. The summed E-state index contributed by atoms with van der Waals surface area (Å²) in [6, 6.07) is 10.1. The molecule has 0 aliphatic rings. The van der Waals surface area contributed by atoms with Gasteiger partial charge in [0.15, 0.2) is 0 Å². The summed E-state index contributed by atoms with van der Waals surface area (Å²) in [7, 11) is 0. The van der Waals surface area contributed by atoms with Crippen LogP contribution < -0.4 is 4.74 Å². The number of ether oxygens (including phenoxy) is 1. The second kappa shape index (κ2) is 5.80. The summed E-state index contributed by atoms with van der Waals surface area (Å²) in [6.07, 6.45) is -3.15. The van der Waals surface area contributed by atoms with E-state index in [2.05, 4.69) is 4.98 Å². The molecule has 0 saturated carbocycles. The van der Waals surface area contributed by atoms with E-state index < -0.39 is 16.7 Å². The lowest BCUT2D eigenvalue weighted by Gasteiger charge is -2.11. The maximum atomic E-state index is 12.8. The number of aromatic nitrogens is 1. The van der Waals surface area contributed by atoms with E-state index in [9.17, 15) is 23.3 Å². The molecular weight excluding hydrogens is 325 g/mol. The van der Waals surface area contributed by atoms with E-state index in [1.54, 1.807) is 0 Å². The molecule has 1 aromatic heterocycles. The van der Waals surface area contributed by atoms with E-state index in [1.165, 1.54) is 42.6 Å². The molecule has 0 radical (unpaired) electrons. The molecule has 0 fully saturated rings. The minimum absolute atomic E-state index is 0.118. The number of nitro benzene ring substituents is 1. The lowest BCUT2D eigenvalue weighted by Crippen LogP contribution is -2.04. The highest BCUT2D eigenvalue weighted by Gasteiger charge is 2.30. The van der Waals surface area contributed by atoms with Crippen molar-refractivity contribution in [2.24, 2.45) is 0 Å². The van der Waals surface area contributed by atoms with Gasteiger partial charge in [-0.15, -0.1) is 0 Å². The van der Waals surface area contributed by atoms with Crippen LogP contribution in [0.3, 0.4) is 0 Å². The molecule has 0 N–H and O–H groups in total. The maximum Gasteiger partial charge on any atom is 0.416 e. The van der Waals surface area contributed by atoms with Gasteiger partial charge in [0.05, 0.1) is 22.1 Å². The van der Waals surface area contributed by atoms with Crippen molar-refractivity contribution >= 4 is 16.6 Å². The van der Waals surface area contributed by atoms with Crippen LogP contribution in [0, 0.1) is 10.1 Å². The molecule has 3 rings (SSSR count). The Bertz CT molecular complexity index is 926. The van der Waals surface area contributed by atoms with Crippen LogP contribution >= 0.6 is 0 Å². The molecule has 0 aliphatic heterocycles. The van der Waals surface area contributed by atoms with Crippen molar-refractivity contribution in [3.63, 3.8) is 0 Å². The third-order valence-corrected chi connectivity index (χ3v) is 3.29. The Morgan fingerprint density at radius 3 is 2.58 bits per heavy atom. The standard InChI is InChI=1S/C16H9F3N2O3/c17-16(18,19)10-4-5-13-14(8-10)20-7-6-15(13)24-12-3-1-2-11(9-12)21(22)23/h1-9H. The molecule has 5 nitrogen and oxygen atoms in total. The van der Waals surface area contributed by atoms with Crippen LogP contribution in [-0.2, 0) is 6.18 Å². The van der Waals surface area contributed by atoms with E-state index in [0.29, 0.717) is 5.39 Å². The minimum Gasteiger partial charge on any atom is -0.456 e. The van der Waals surface area contributed by atoms with E-state index >= 15 is 0 Å². The van der Waals surface area contributed by atoms with Crippen molar-refractivity contribution in [1.29, 1.82) is 0 Å².